The highest BCUT2D eigenvalue weighted by Gasteiger charge is 2.44. The van der Waals surface area contributed by atoms with E-state index >= 15 is 0 Å². The number of hydrogen-bond donors (Lipinski definition) is 3. The molecule has 0 radical (unpaired) electrons. The molecule has 19 heteroatoms. The number of aliphatic hydroxyl groups excluding tert-OH is 2. The maximum atomic E-state index is 13.9. The number of nitrogens with zero attached hydrogens (tertiary/aromatic N) is 1. The lowest BCUT2D eigenvalue weighted by Gasteiger charge is -2.31. The first-order valence-electron chi connectivity index (χ1n) is 19.2. The molecule has 324 valence electrons. The SMILES string of the molecule is COc1ccc(S(=O)(=O)N(CC(C)C)C[C@@H](O)[C@H](Cc2ccc(OCP(=O)(Oc3ccccc3)O[C@@H](C)C(=O)OCCO)cc2)NC(=O)O[C@H]2CO[C@H]3OCC[C@H]32)cc1. The van der Waals surface area contributed by atoms with E-state index in [0.717, 1.165) is 0 Å². The van der Waals surface area contributed by atoms with Crippen LogP contribution in [0.25, 0.3) is 0 Å². The Morgan fingerprint density at radius 1 is 0.949 bits per heavy atom. The van der Waals surface area contributed by atoms with Crippen molar-refractivity contribution in [1.82, 2.24) is 9.62 Å². The Morgan fingerprint density at radius 2 is 1.64 bits per heavy atom. The van der Waals surface area contributed by atoms with Gasteiger partial charge >= 0.3 is 19.7 Å². The van der Waals surface area contributed by atoms with Gasteiger partial charge in [-0.15, -0.1) is 0 Å². The number of sulfonamides is 1. The molecule has 2 heterocycles. The van der Waals surface area contributed by atoms with Crippen molar-refractivity contribution >= 4 is 29.7 Å². The number of fused-ring (bicyclic) bond motifs is 1. The van der Waals surface area contributed by atoms with Crippen LogP contribution in [0.4, 0.5) is 4.79 Å². The van der Waals surface area contributed by atoms with E-state index in [1.54, 1.807) is 54.6 Å². The number of aliphatic hydroxyl groups is 2. The van der Waals surface area contributed by atoms with E-state index in [1.165, 1.54) is 42.6 Å². The number of rotatable bonds is 22. The van der Waals surface area contributed by atoms with Crippen molar-refractivity contribution in [1.29, 1.82) is 0 Å². The van der Waals surface area contributed by atoms with Gasteiger partial charge in [0.15, 0.2) is 12.4 Å². The highest BCUT2D eigenvalue weighted by atomic mass is 32.2. The Hall–Kier alpha value is -4.26. The minimum absolute atomic E-state index is 0.0143. The Kier molecular flexibility index (Phi) is 16.6. The van der Waals surface area contributed by atoms with Crippen LogP contribution < -0.4 is 19.3 Å². The molecule has 0 aromatic heterocycles. The molecule has 2 fully saturated rings. The van der Waals surface area contributed by atoms with Gasteiger partial charge in [-0.3, -0.25) is 4.52 Å². The van der Waals surface area contributed by atoms with E-state index in [1.807, 2.05) is 13.8 Å². The average Bonchev–Trinajstić information content (AvgIpc) is 3.84. The van der Waals surface area contributed by atoms with Crippen molar-refractivity contribution < 1.29 is 70.3 Å². The van der Waals surface area contributed by atoms with Crippen LogP contribution in [0.15, 0.2) is 83.8 Å². The first-order chi connectivity index (χ1) is 28.2. The lowest BCUT2D eigenvalue weighted by Crippen LogP contribution is -2.51. The number of para-hydroxylation sites is 1. The van der Waals surface area contributed by atoms with Gasteiger partial charge in [-0.25, -0.2) is 22.6 Å². The Balaban J connectivity index is 1.32. The molecule has 17 nitrogen and oxygen atoms in total. The highest BCUT2D eigenvalue weighted by molar-refractivity contribution is 7.89. The standard InChI is InChI=1S/C40H53N2O15PS/c1-27(2)23-42(59(48,49)33-16-14-30(50-4)15-17-33)24-36(44)35(41-40(46)55-37-25-53-39-34(37)18-20-52-39)22-29-10-12-31(13-11-29)54-26-58(47,57-32-8-6-5-7-9-32)56-28(3)38(45)51-21-19-43/h5-17,27-28,34-37,39,43-44H,18-26H2,1-4H3,(H,41,46)/t28-,34-,35-,36+,37-,39+,58?/m0/s1. The van der Waals surface area contributed by atoms with Gasteiger partial charge in [0.05, 0.1) is 49.9 Å². The van der Waals surface area contributed by atoms with Gasteiger partial charge < -0.3 is 48.5 Å². The van der Waals surface area contributed by atoms with E-state index in [0.29, 0.717) is 24.3 Å². The van der Waals surface area contributed by atoms with E-state index in [9.17, 15) is 27.7 Å². The number of carbonyl (C=O) groups excluding carboxylic acids is 2. The Morgan fingerprint density at radius 3 is 2.31 bits per heavy atom. The van der Waals surface area contributed by atoms with Gasteiger partial charge in [-0.05, 0) is 79.8 Å². The predicted octanol–water partition coefficient (Wildman–Crippen LogP) is 4.35. The fourth-order valence-electron chi connectivity index (χ4n) is 6.46. The molecule has 1 unspecified atom stereocenters. The number of hydrogen-bond acceptors (Lipinski definition) is 15. The molecule has 3 aromatic rings. The topological polar surface area (TPSA) is 215 Å². The molecule has 2 aliphatic rings. The molecule has 2 aliphatic heterocycles. The summed E-state index contributed by atoms with van der Waals surface area (Å²) in [6, 6.07) is 19.6. The third kappa shape index (κ3) is 13.1. The first-order valence-corrected chi connectivity index (χ1v) is 22.4. The third-order valence-electron chi connectivity index (χ3n) is 9.41. The Labute approximate surface area is 344 Å². The van der Waals surface area contributed by atoms with Gasteiger partial charge in [0.1, 0.15) is 30.0 Å². The number of carbonyl (C=O) groups is 2. The van der Waals surface area contributed by atoms with Crippen LogP contribution in [-0.4, -0.2) is 119 Å². The second-order valence-corrected chi connectivity index (χ2v) is 18.3. The summed E-state index contributed by atoms with van der Waals surface area (Å²) < 4.78 is 86.9. The molecule has 2 saturated heterocycles. The van der Waals surface area contributed by atoms with Crippen LogP contribution in [0.3, 0.4) is 0 Å². The van der Waals surface area contributed by atoms with E-state index in [-0.39, 0.29) is 61.0 Å². The number of amides is 1. The summed E-state index contributed by atoms with van der Waals surface area (Å²) in [4.78, 5) is 25.7. The Bertz CT molecular complexity index is 1950. The van der Waals surface area contributed by atoms with Crippen LogP contribution in [0, 0.1) is 11.8 Å². The molecule has 3 aromatic carbocycles. The van der Waals surface area contributed by atoms with E-state index < -0.39 is 73.3 Å². The molecular weight excluding hydrogens is 811 g/mol. The number of methoxy groups -OCH3 is 1. The lowest BCUT2D eigenvalue weighted by atomic mass is 10.0. The highest BCUT2D eigenvalue weighted by Crippen LogP contribution is 2.49. The second-order valence-electron chi connectivity index (χ2n) is 14.5. The monoisotopic (exact) mass is 864 g/mol. The van der Waals surface area contributed by atoms with Gasteiger partial charge in [-0.1, -0.05) is 44.2 Å². The number of nitrogens with one attached hydrogen (secondary N) is 1. The summed E-state index contributed by atoms with van der Waals surface area (Å²) in [5.74, 6) is -0.149. The van der Waals surface area contributed by atoms with Crippen molar-refractivity contribution in [2.45, 2.75) is 69.2 Å². The van der Waals surface area contributed by atoms with E-state index in [4.69, 9.17) is 42.6 Å². The number of esters is 1. The van der Waals surface area contributed by atoms with Gasteiger partial charge in [0, 0.05) is 13.1 Å². The summed E-state index contributed by atoms with van der Waals surface area (Å²) >= 11 is 0. The summed E-state index contributed by atoms with van der Waals surface area (Å²) in [7, 11) is -6.77. The molecule has 5 rings (SSSR count). The quantitative estimate of drug-likeness (QED) is 0.0946. The van der Waals surface area contributed by atoms with Gasteiger partial charge in [-0.2, -0.15) is 4.31 Å². The molecule has 0 bridgehead atoms. The average molecular weight is 865 g/mol. The summed E-state index contributed by atoms with van der Waals surface area (Å²) in [5.41, 5.74) is 0.615. The smallest absolute Gasteiger partial charge is 0.417 e. The van der Waals surface area contributed by atoms with Crippen molar-refractivity contribution in [3.63, 3.8) is 0 Å². The fraction of sp³-hybridized carbons (Fsp3) is 0.500. The summed E-state index contributed by atoms with van der Waals surface area (Å²) in [5, 5.41) is 23.5. The van der Waals surface area contributed by atoms with Gasteiger partial charge in [0.25, 0.3) is 0 Å². The van der Waals surface area contributed by atoms with Crippen molar-refractivity contribution in [2.24, 2.45) is 11.8 Å². The molecule has 1 amide bonds. The van der Waals surface area contributed by atoms with Crippen molar-refractivity contribution in [3.05, 3.63) is 84.4 Å². The summed E-state index contributed by atoms with van der Waals surface area (Å²) in [6.45, 7) is 4.75. The summed E-state index contributed by atoms with van der Waals surface area (Å²) in [6.07, 6.45) is -4.45. The zero-order valence-corrected chi connectivity index (χ0v) is 35.1. The van der Waals surface area contributed by atoms with Gasteiger partial charge in [0.2, 0.25) is 16.4 Å². The fourth-order valence-corrected chi connectivity index (χ4v) is 9.56. The molecule has 0 spiro atoms. The van der Waals surface area contributed by atoms with Crippen LogP contribution >= 0.6 is 7.60 Å². The van der Waals surface area contributed by atoms with Crippen LogP contribution in [-0.2, 0) is 49.3 Å². The van der Waals surface area contributed by atoms with E-state index in [2.05, 4.69) is 5.32 Å². The zero-order valence-electron chi connectivity index (χ0n) is 33.4. The molecule has 7 atom stereocenters. The molecule has 0 saturated carbocycles. The molecular formula is C40H53N2O15PS. The maximum absolute atomic E-state index is 13.9. The molecule has 3 N–H and O–H groups in total. The zero-order chi connectivity index (χ0) is 42.6. The molecule has 59 heavy (non-hydrogen) atoms. The predicted molar refractivity (Wildman–Crippen MR) is 212 cm³/mol. The normalized spacial score (nSPS) is 20.2. The minimum Gasteiger partial charge on any atom is -0.497 e. The number of benzene rings is 3. The van der Waals surface area contributed by atoms with Crippen LogP contribution in [0.2, 0.25) is 0 Å². The second kappa shape index (κ2) is 21.3. The minimum atomic E-state index is -4.15. The number of alkyl carbamates (subject to hydrolysis) is 1. The van der Waals surface area contributed by atoms with Crippen LogP contribution in [0.5, 0.6) is 17.2 Å². The van der Waals surface area contributed by atoms with Crippen LogP contribution in [0.1, 0.15) is 32.8 Å². The third-order valence-corrected chi connectivity index (χ3v) is 12.8. The largest absolute Gasteiger partial charge is 0.497 e. The molecule has 0 aliphatic carbocycles. The lowest BCUT2D eigenvalue weighted by molar-refractivity contribution is -0.152. The van der Waals surface area contributed by atoms with Crippen molar-refractivity contribution in [2.75, 3.05) is 53.0 Å². The first kappa shape index (κ1) is 45.8. The number of ether oxygens (including phenoxy) is 6. The maximum Gasteiger partial charge on any atom is 0.417 e. The van der Waals surface area contributed by atoms with Crippen molar-refractivity contribution in [3.8, 4) is 17.2 Å².